The van der Waals surface area contributed by atoms with Gasteiger partial charge in [-0.25, -0.2) is 0 Å². The normalized spacial score (nSPS) is 10.2. The molecule has 0 aliphatic carbocycles. The molecule has 1 aromatic rings. The first kappa shape index (κ1) is 15.5. The van der Waals surface area contributed by atoms with E-state index in [2.05, 4.69) is 11.8 Å². The number of benzene rings is 1. The third-order valence-corrected chi connectivity index (χ3v) is 2.66. The van der Waals surface area contributed by atoms with Crippen LogP contribution in [0, 0.1) is 11.8 Å². The first-order valence-corrected chi connectivity index (χ1v) is 6.27. The lowest BCUT2D eigenvalue weighted by molar-refractivity contribution is 0.217. The number of hydrogen-bond donors (Lipinski definition) is 2. The molecule has 1 rings (SSSR count). The maximum absolute atomic E-state index is 8.89. The Balaban J connectivity index is 2.86. The Kier molecular flexibility index (Phi) is 6.98. The summed E-state index contributed by atoms with van der Waals surface area (Å²) in [7, 11) is 3.57. The van der Waals surface area contributed by atoms with E-state index in [4.69, 9.17) is 14.9 Å². The van der Waals surface area contributed by atoms with Crippen LogP contribution in [-0.4, -0.2) is 49.0 Å². The van der Waals surface area contributed by atoms with Gasteiger partial charge in [-0.3, -0.25) is 4.90 Å². The summed E-state index contributed by atoms with van der Waals surface area (Å²) in [6, 6.07) is 5.87. The minimum absolute atomic E-state index is 0.0637. The van der Waals surface area contributed by atoms with Gasteiger partial charge in [0, 0.05) is 19.5 Å². The molecule has 0 spiro atoms. The molecule has 0 aliphatic heterocycles. The molecule has 0 bridgehead atoms. The van der Waals surface area contributed by atoms with Gasteiger partial charge in [0.15, 0.2) is 0 Å². The van der Waals surface area contributed by atoms with Crippen LogP contribution in [0.4, 0.5) is 0 Å². The fraction of sp³-hybridized carbons (Fsp3) is 0.467. The first-order chi connectivity index (χ1) is 9.21. The average Bonchev–Trinajstić information content (AvgIpc) is 2.39. The zero-order valence-corrected chi connectivity index (χ0v) is 11.5. The van der Waals surface area contributed by atoms with E-state index in [1.165, 1.54) is 0 Å². The summed E-state index contributed by atoms with van der Waals surface area (Å²) in [6.45, 7) is 1.60. The number of ether oxygens (including phenoxy) is 1. The minimum Gasteiger partial charge on any atom is -0.495 e. The molecular formula is C15H21NO3. The lowest BCUT2D eigenvalue weighted by atomic mass is 10.1. The van der Waals surface area contributed by atoms with Gasteiger partial charge in [0.1, 0.15) is 5.75 Å². The van der Waals surface area contributed by atoms with Gasteiger partial charge in [0.25, 0.3) is 0 Å². The molecule has 0 unspecified atom stereocenters. The Bertz CT molecular complexity index is 448. The highest BCUT2D eigenvalue weighted by molar-refractivity contribution is 5.48. The summed E-state index contributed by atoms with van der Waals surface area (Å²) >= 11 is 0. The number of aliphatic hydroxyl groups is 2. The van der Waals surface area contributed by atoms with E-state index < -0.39 is 0 Å². The van der Waals surface area contributed by atoms with Crippen molar-refractivity contribution in [2.24, 2.45) is 0 Å². The predicted octanol–water partition coefficient (Wildman–Crippen LogP) is 0.853. The maximum atomic E-state index is 8.89. The SMILES string of the molecule is COc1ccc(CN(C)CCO)cc1C#CCCO. The third-order valence-electron chi connectivity index (χ3n) is 2.66. The molecule has 0 fully saturated rings. The molecule has 0 aliphatic rings. The van der Waals surface area contributed by atoms with Gasteiger partial charge in [-0.1, -0.05) is 17.9 Å². The van der Waals surface area contributed by atoms with Crippen molar-refractivity contribution >= 4 is 0 Å². The van der Waals surface area contributed by atoms with Crippen LogP contribution in [-0.2, 0) is 6.54 Å². The van der Waals surface area contributed by atoms with Gasteiger partial charge < -0.3 is 14.9 Å². The molecule has 0 aromatic heterocycles. The standard InChI is InChI=1S/C15H21NO3/c1-16(8-10-18)12-13-6-7-15(19-2)14(11-13)5-3-4-9-17/h6-7,11,17-18H,4,8-10,12H2,1-2H3. The van der Waals surface area contributed by atoms with E-state index in [9.17, 15) is 0 Å². The van der Waals surface area contributed by atoms with Crippen molar-refractivity contribution < 1.29 is 14.9 Å². The third kappa shape index (κ3) is 5.31. The second-order valence-electron chi connectivity index (χ2n) is 4.27. The summed E-state index contributed by atoms with van der Waals surface area (Å²) in [5.41, 5.74) is 1.94. The van der Waals surface area contributed by atoms with Crippen LogP contribution in [0.3, 0.4) is 0 Å². The Morgan fingerprint density at radius 3 is 2.68 bits per heavy atom. The number of nitrogens with zero attached hydrogens (tertiary/aromatic N) is 1. The zero-order chi connectivity index (χ0) is 14.1. The zero-order valence-electron chi connectivity index (χ0n) is 11.5. The molecule has 2 N–H and O–H groups in total. The fourth-order valence-corrected chi connectivity index (χ4v) is 1.73. The smallest absolute Gasteiger partial charge is 0.134 e. The summed E-state index contributed by atoms with van der Waals surface area (Å²) in [5.74, 6) is 6.64. The fourth-order valence-electron chi connectivity index (χ4n) is 1.73. The van der Waals surface area contributed by atoms with Gasteiger partial charge in [-0.15, -0.1) is 0 Å². The molecule has 0 amide bonds. The second-order valence-corrected chi connectivity index (χ2v) is 4.27. The summed E-state index contributed by atoms with van der Waals surface area (Å²) in [4.78, 5) is 2.03. The molecule has 4 nitrogen and oxygen atoms in total. The molecule has 1 aromatic carbocycles. The van der Waals surface area contributed by atoms with Gasteiger partial charge >= 0.3 is 0 Å². The molecule has 0 heterocycles. The van der Waals surface area contributed by atoms with Crippen LogP contribution in [0.5, 0.6) is 5.75 Å². The van der Waals surface area contributed by atoms with E-state index in [0.29, 0.717) is 13.0 Å². The van der Waals surface area contributed by atoms with Crippen LogP contribution in [0.2, 0.25) is 0 Å². The molecule has 104 valence electrons. The number of aliphatic hydroxyl groups excluding tert-OH is 2. The van der Waals surface area contributed by atoms with E-state index in [1.54, 1.807) is 7.11 Å². The Morgan fingerprint density at radius 2 is 2.05 bits per heavy atom. The Labute approximate surface area is 114 Å². The van der Waals surface area contributed by atoms with Crippen molar-refractivity contribution in [3.05, 3.63) is 29.3 Å². The lowest BCUT2D eigenvalue weighted by Crippen LogP contribution is -2.21. The molecule has 0 radical (unpaired) electrons. The van der Waals surface area contributed by atoms with Gasteiger partial charge in [-0.05, 0) is 24.7 Å². The number of rotatable bonds is 6. The second kappa shape index (κ2) is 8.54. The largest absolute Gasteiger partial charge is 0.495 e. The highest BCUT2D eigenvalue weighted by Gasteiger charge is 2.04. The predicted molar refractivity (Wildman–Crippen MR) is 75.0 cm³/mol. The van der Waals surface area contributed by atoms with Crippen LogP contribution in [0.15, 0.2) is 18.2 Å². The van der Waals surface area contributed by atoms with Crippen molar-refractivity contribution in [3.63, 3.8) is 0 Å². The van der Waals surface area contributed by atoms with Crippen LogP contribution in [0.25, 0.3) is 0 Å². The molecule has 19 heavy (non-hydrogen) atoms. The topological polar surface area (TPSA) is 52.9 Å². The molecule has 0 saturated heterocycles. The highest BCUT2D eigenvalue weighted by atomic mass is 16.5. The number of likely N-dealkylation sites (N-methyl/N-ethyl adjacent to an activating group) is 1. The van der Waals surface area contributed by atoms with Crippen LogP contribution >= 0.6 is 0 Å². The lowest BCUT2D eigenvalue weighted by Gasteiger charge is -2.15. The van der Waals surface area contributed by atoms with Crippen LogP contribution < -0.4 is 4.74 Å². The highest BCUT2D eigenvalue weighted by Crippen LogP contribution is 2.19. The molecule has 0 saturated carbocycles. The number of hydrogen-bond acceptors (Lipinski definition) is 4. The number of methoxy groups -OCH3 is 1. The Hall–Kier alpha value is -1.54. The molecular weight excluding hydrogens is 242 g/mol. The molecule has 0 atom stereocenters. The van der Waals surface area contributed by atoms with E-state index in [0.717, 1.165) is 23.4 Å². The quantitative estimate of drug-likeness (QED) is 0.747. The van der Waals surface area contributed by atoms with Crippen LogP contribution in [0.1, 0.15) is 17.5 Å². The van der Waals surface area contributed by atoms with Crippen molar-refractivity contribution in [2.45, 2.75) is 13.0 Å². The summed E-state index contributed by atoms with van der Waals surface area (Å²) in [6.07, 6.45) is 0.456. The van der Waals surface area contributed by atoms with Gasteiger partial charge in [0.2, 0.25) is 0 Å². The van der Waals surface area contributed by atoms with Gasteiger partial charge in [-0.2, -0.15) is 0 Å². The van der Waals surface area contributed by atoms with Crippen molar-refractivity contribution in [3.8, 4) is 17.6 Å². The first-order valence-electron chi connectivity index (χ1n) is 6.27. The van der Waals surface area contributed by atoms with Gasteiger partial charge in [0.05, 0.1) is 25.9 Å². The average molecular weight is 263 g/mol. The van der Waals surface area contributed by atoms with E-state index in [1.807, 2.05) is 30.1 Å². The maximum Gasteiger partial charge on any atom is 0.134 e. The molecule has 4 heteroatoms. The monoisotopic (exact) mass is 263 g/mol. The Morgan fingerprint density at radius 1 is 1.26 bits per heavy atom. The van der Waals surface area contributed by atoms with E-state index in [-0.39, 0.29) is 13.2 Å². The summed E-state index contributed by atoms with van der Waals surface area (Å²) < 4.78 is 5.26. The minimum atomic E-state index is 0.0637. The van der Waals surface area contributed by atoms with Crippen molar-refractivity contribution in [1.82, 2.24) is 4.90 Å². The van der Waals surface area contributed by atoms with Crippen molar-refractivity contribution in [1.29, 1.82) is 0 Å². The summed E-state index contributed by atoms with van der Waals surface area (Å²) in [5, 5.41) is 17.6. The van der Waals surface area contributed by atoms with E-state index >= 15 is 0 Å². The van der Waals surface area contributed by atoms with Crippen molar-refractivity contribution in [2.75, 3.05) is 33.9 Å².